The van der Waals surface area contributed by atoms with Crippen LogP contribution in [-0.2, 0) is 4.79 Å². The molecule has 0 bridgehead atoms. The van der Waals surface area contributed by atoms with E-state index in [1.54, 1.807) is 30.3 Å². The molecule has 0 atom stereocenters. The topological polar surface area (TPSA) is 71.3 Å². The molecule has 0 saturated carbocycles. The highest BCUT2D eigenvalue weighted by atomic mass is 35.5. The number of carbonyl (C=O) groups excluding carboxylic acids is 1. The minimum atomic E-state index is -0.552. The molecule has 0 aliphatic carbocycles. The van der Waals surface area contributed by atoms with Crippen molar-refractivity contribution in [3.05, 3.63) is 57.1 Å². The maximum absolute atomic E-state index is 12.4. The van der Waals surface area contributed by atoms with Gasteiger partial charge in [0.1, 0.15) is 11.6 Å². The second kappa shape index (κ2) is 8.61. The molecule has 0 unspecified atom stereocenters. The number of hydrogen-bond acceptors (Lipinski definition) is 4. The van der Waals surface area contributed by atoms with Gasteiger partial charge in [-0.05, 0) is 48.4 Å². The van der Waals surface area contributed by atoms with Gasteiger partial charge in [-0.25, -0.2) is 0 Å². The molecule has 1 amide bonds. The van der Waals surface area contributed by atoms with Crippen LogP contribution in [0.2, 0.25) is 10.0 Å². The molecule has 0 aliphatic rings. The number of ether oxygens (including phenoxy) is 2. The van der Waals surface area contributed by atoms with Gasteiger partial charge in [0.05, 0.1) is 19.2 Å². The predicted molar refractivity (Wildman–Crippen MR) is 103 cm³/mol. The van der Waals surface area contributed by atoms with Crippen LogP contribution in [0.1, 0.15) is 11.1 Å². The number of benzene rings is 2. The van der Waals surface area contributed by atoms with E-state index in [2.05, 4.69) is 5.32 Å². The van der Waals surface area contributed by atoms with E-state index in [1.165, 1.54) is 20.3 Å². The Morgan fingerprint density at radius 2 is 1.92 bits per heavy atom. The Hall–Kier alpha value is -2.68. The van der Waals surface area contributed by atoms with Gasteiger partial charge >= 0.3 is 0 Å². The van der Waals surface area contributed by atoms with Crippen molar-refractivity contribution < 1.29 is 14.3 Å². The largest absolute Gasteiger partial charge is 0.493 e. The van der Waals surface area contributed by atoms with Gasteiger partial charge in [-0.2, -0.15) is 5.26 Å². The van der Waals surface area contributed by atoms with Gasteiger partial charge in [-0.3, -0.25) is 4.79 Å². The van der Waals surface area contributed by atoms with Crippen molar-refractivity contribution in [2.75, 3.05) is 19.5 Å². The van der Waals surface area contributed by atoms with Gasteiger partial charge in [0.2, 0.25) is 0 Å². The highest BCUT2D eigenvalue weighted by Gasteiger charge is 2.14. The Balaban J connectivity index is 2.36. The molecule has 2 aromatic rings. The molecule has 0 fully saturated rings. The maximum Gasteiger partial charge on any atom is 0.266 e. The molecule has 0 aliphatic heterocycles. The summed E-state index contributed by atoms with van der Waals surface area (Å²) in [5, 5.41) is 12.8. The fourth-order valence-electron chi connectivity index (χ4n) is 2.26. The summed E-state index contributed by atoms with van der Waals surface area (Å²) in [6.07, 6.45) is 1.42. The van der Waals surface area contributed by atoms with Gasteiger partial charge in [0.25, 0.3) is 5.91 Å². The molecule has 134 valence electrons. The predicted octanol–water partition coefficient (Wildman–Crippen LogP) is 4.86. The third kappa shape index (κ3) is 4.48. The lowest BCUT2D eigenvalue weighted by atomic mass is 10.1. The van der Waals surface area contributed by atoms with Crippen LogP contribution in [0.4, 0.5) is 5.69 Å². The van der Waals surface area contributed by atoms with Gasteiger partial charge in [0.15, 0.2) is 11.5 Å². The Labute approximate surface area is 161 Å². The monoisotopic (exact) mass is 390 g/mol. The molecular weight excluding hydrogens is 375 g/mol. The van der Waals surface area contributed by atoms with Crippen LogP contribution in [0.25, 0.3) is 6.08 Å². The number of amides is 1. The number of aryl methyl sites for hydroxylation is 1. The highest BCUT2D eigenvalue weighted by Crippen LogP contribution is 2.36. The number of carbonyl (C=O) groups is 1. The Morgan fingerprint density at radius 1 is 1.19 bits per heavy atom. The van der Waals surface area contributed by atoms with Crippen molar-refractivity contribution in [1.82, 2.24) is 0 Å². The van der Waals surface area contributed by atoms with Crippen molar-refractivity contribution in [3.63, 3.8) is 0 Å². The number of anilines is 1. The fraction of sp³-hybridized carbons (Fsp3) is 0.158. The number of nitrogens with one attached hydrogen (secondary N) is 1. The SMILES string of the molecule is COc1cc(/C=C(\C#N)C(=O)Nc2cc(Cl)ccc2C)cc(Cl)c1OC. The number of rotatable bonds is 5. The molecule has 0 aromatic heterocycles. The first kappa shape index (κ1) is 19.6. The summed E-state index contributed by atoms with van der Waals surface area (Å²) in [4.78, 5) is 12.4. The zero-order valence-corrected chi connectivity index (χ0v) is 15.9. The summed E-state index contributed by atoms with van der Waals surface area (Å²) in [6, 6.07) is 10.2. The number of nitrogens with zero attached hydrogens (tertiary/aromatic N) is 1. The quantitative estimate of drug-likeness (QED) is 0.584. The second-order valence-corrected chi connectivity index (χ2v) is 6.17. The van der Waals surface area contributed by atoms with Gasteiger partial charge < -0.3 is 14.8 Å². The minimum Gasteiger partial charge on any atom is -0.493 e. The summed E-state index contributed by atoms with van der Waals surface area (Å²) >= 11 is 12.1. The van der Waals surface area contributed by atoms with Crippen LogP contribution in [0.5, 0.6) is 11.5 Å². The molecule has 0 radical (unpaired) electrons. The lowest BCUT2D eigenvalue weighted by Gasteiger charge is -2.11. The second-order valence-electron chi connectivity index (χ2n) is 5.32. The molecule has 1 N–H and O–H groups in total. The van der Waals surface area contributed by atoms with Crippen molar-refractivity contribution in [1.29, 1.82) is 5.26 Å². The molecule has 2 rings (SSSR count). The van der Waals surface area contributed by atoms with Crippen LogP contribution in [0.15, 0.2) is 35.9 Å². The van der Waals surface area contributed by atoms with E-state index in [0.29, 0.717) is 32.8 Å². The van der Waals surface area contributed by atoms with Crippen molar-refractivity contribution >= 4 is 40.9 Å². The molecule has 0 heterocycles. The van der Waals surface area contributed by atoms with Gasteiger partial charge in [0, 0.05) is 10.7 Å². The standard InChI is InChI=1S/C19H16Cl2N2O3/c1-11-4-5-14(20)9-16(11)23-19(24)13(10-22)6-12-7-15(21)18(26-3)17(8-12)25-2/h4-9H,1-3H3,(H,23,24)/b13-6+. The first-order chi connectivity index (χ1) is 12.4. The van der Waals surface area contributed by atoms with Crippen LogP contribution in [-0.4, -0.2) is 20.1 Å². The molecule has 0 spiro atoms. The normalized spacial score (nSPS) is 10.8. The lowest BCUT2D eigenvalue weighted by Crippen LogP contribution is -2.14. The molecule has 0 saturated heterocycles. The summed E-state index contributed by atoms with van der Waals surface area (Å²) in [7, 11) is 2.95. The molecule has 26 heavy (non-hydrogen) atoms. The highest BCUT2D eigenvalue weighted by molar-refractivity contribution is 6.32. The van der Waals surface area contributed by atoms with E-state index in [9.17, 15) is 10.1 Å². The molecule has 7 heteroatoms. The van der Waals surface area contributed by atoms with Crippen LogP contribution in [0, 0.1) is 18.3 Å². The Morgan fingerprint density at radius 3 is 2.54 bits per heavy atom. The number of methoxy groups -OCH3 is 2. The smallest absolute Gasteiger partial charge is 0.266 e. The maximum atomic E-state index is 12.4. The van der Waals surface area contributed by atoms with E-state index >= 15 is 0 Å². The number of halogens is 2. The van der Waals surface area contributed by atoms with E-state index in [4.69, 9.17) is 32.7 Å². The number of hydrogen-bond donors (Lipinski definition) is 1. The van der Waals surface area contributed by atoms with E-state index < -0.39 is 5.91 Å². The van der Waals surface area contributed by atoms with Gasteiger partial charge in [-0.15, -0.1) is 0 Å². The third-order valence-electron chi connectivity index (χ3n) is 3.58. The van der Waals surface area contributed by atoms with Crippen LogP contribution < -0.4 is 14.8 Å². The first-order valence-electron chi connectivity index (χ1n) is 7.50. The summed E-state index contributed by atoms with van der Waals surface area (Å²) < 4.78 is 10.4. The average Bonchev–Trinajstić information content (AvgIpc) is 2.62. The fourth-order valence-corrected chi connectivity index (χ4v) is 2.72. The van der Waals surface area contributed by atoms with Gasteiger partial charge in [-0.1, -0.05) is 29.3 Å². The van der Waals surface area contributed by atoms with Crippen LogP contribution in [0.3, 0.4) is 0 Å². The van der Waals surface area contributed by atoms with E-state index in [0.717, 1.165) is 5.56 Å². The van der Waals surface area contributed by atoms with Crippen molar-refractivity contribution in [3.8, 4) is 17.6 Å². The number of nitriles is 1. The third-order valence-corrected chi connectivity index (χ3v) is 4.10. The zero-order valence-electron chi connectivity index (χ0n) is 14.4. The van der Waals surface area contributed by atoms with E-state index in [-0.39, 0.29) is 5.57 Å². The van der Waals surface area contributed by atoms with E-state index in [1.807, 2.05) is 13.0 Å². The van der Waals surface area contributed by atoms with Crippen LogP contribution >= 0.6 is 23.2 Å². The summed E-state index contributed by atoms with van der Waals surface area (Å²) in [5.74, 6) is 0.224. The molecule has 5 nitrogen and oxygen atoms in total. The van der Waals surface area contributed by atoms with Crippen molar-refractivity contribution in [2.45, 2.75) is 6.92 Å². The summed E-state index contributed by atoms with van der Waals surface area (Å²) in [5.41, 5.74) is 1.80. The molecule has 2 aromatic carbocycles. The lowest BCUT2D eigenvalue weighted by molar-refractivity contribution is -0.112. The molecular formula is C19H16Cl2N2O3. The average molecular weight is 391 g/mol. The Bertz CT molecular complexity index is 918. The summed E-state index contributed by atoms with van der Waals surface area (Å²) in [6.45, 7) is 1.83. The van der Waals surface area contributed by atoms with Crippen molar-refractivity contribution in [2.24, 2.45) is 0 Å². The zero-order chi connectivity index (χ0) is 19.3. The first-order valence-corrected chi connectivity index (χ1v) is 8.26. The minimum absolute atomic E-state index is 0.0901. The Kier molecular flexibility index (Phi) is 6.51.